The van der Waals surface area contributed by atoms with Gasteiger partial charge in [0.1, 0.15) is 17.4 Å². The summed E-state index contributed by atoms with van der Waals surface area (Å²) in [6, 6.07) is 19.3. The molecule has 156 valence electrons. The number of aromatic nitrogens is 3. The van der Waals surface area contributed by atoms with Gasteiger partial charge in [0.15, 0.2) is 5.01 Å². The Bertz CT molecular complexity index is 1190. The molecule has 5 rings (SSSR count). The van der Waals surface area contributed by atoms with Crippen LogP contribution in [-0.4, -0.2) is 51.9 Å². The molecule has 1 saturated heterocycles. The third-order valence-corrected chi connectivity index (χ3v) is 6.16. The molecule has 0 aliphatic carbocycles. The number of nitrogens with zero attached hydrogens (tertiary/aromatic N) is 5. The first kappa shape index (κ1) is 19.4. The van der Waals surface area contributed by atoms with Gasteiger partial charge in [0, 0.05) is 32.2 Å². The molecule has 8 heteroatoms. The highest BCUT2D eigenvalue weighted by Crippen LogP contribution is 2.26. The van der Waals surface area contributed by atoms with Crippen molar-refractivity contribution in [2.24, 2.45) is 0 Å². The molecule has 7 nitrogen and oxygen atoms in total. The molecule has 0 spiro atoms. The summed E-state index contributed by atoms with van der Waals surface area (Å²) in [5.74, 6) is 2.70. The average molecular weight is 432 g/mol. The summed E-state index contributed by atoms with van der Waals surface area (Å²) in [7, 11) is 0. The Balaban J connectivity index is 1.27. The molecule has 2 aromatic carbocycles. The molecule has 4 aromatic rings. The number of para-hydroxylation sites is 2. The van der Waals surface area contributed by atoms with Crippen molar-refractivity contribution in [3.8, 4) is 11.6 Å². The number of piperazine rings is 1. The fourth-order valence-corrected chi connectivity index (χ4v) is 4.52. The molecular formula is C23H21N5O2S. The fourth-order valence-electron chi connectivity index (χ4n) is 3.59. The molecule has 1 amide bonds. The molecule has 0 bridgehead atoms. The highest BCUT2D eigenvalue weighted by Gasteiger charge is 2.25. The van der Waals surface area contributed by atoms with Crippen LogP contribution in [0, 0.1) is 6.92 Å². The molecule has 0 atom stereocenters. The van der Waals surface area contributed by atoms with Gasteiger partial charge < -0.3 is 14.5 Å². The topological polar surface area (TPSA) is 71.5 Å². The van der Waals surface area contributed by atoms with E-state index in [4.69, 9.17) is 4.74 Å². The van der Waals surface area contributed by atoms with Crippen molar-refractivity contribution in [2.45, 2.75) is 6.92 Å². The van der Waals surface area contributed by atoms with E-state index >= 15 is 0 Å². The zero-order chi connectivity index (χ0) is 21.2. The Labute approximate surface area is 184 Å². The van der Waals surface area contributed by atoms with E-state index in [1.54, 1.807) is 0 Å². The lowest BCUT2D eigenvalue weighted by molar-refractivity contribution is 0.0746. The number of amides is 1. The first-order valence-corrected chi connectivity index (χ1v) is 11.0. The van der Waals surface area contributed by atoms with Gasteiger partial charge in [-0.15, -0.1) is 11.3 Å². The van der Waals surface area contributed by atoms with Crippen LogP contribution in [0.4, 0.5) is 5.82 Å². The van der Waals surface area contributed by atoms with E-state index in [0.717, 1.165) is 21.8 Å². The lowest BCUT2D eigenvalue weighted by atomic mass is 10.3. The van der Waals surface area contributed by atoms with Crippen LogP contribution < -0.4 is 9.64 Å². The molecule has 1 aliphatic heterocycles. The molecule has 1 fully saturated rings. The number of thiazole rings is 1. The van der Waals surface area contributed by atoms with E-state index in [1.165, 1.54) is 11.3 Å². The first-order valence-electron chi connectivity index (χ1n) is 10.1. The van der Waals surface area contributed by atoms with Crippen molar-refractivity contribution < 1.29 is 9.53 Å². The summed E-state index contributed by atoms with van der Waals surface area (Å²) in [6.45, 7) is 4.48. The highest BCUT2D eigenvalue weighted by molar-refractivity contribution is 7.20. The van der Waals surface area contributed by atoms with Crippen LogP contribution in [0.2, 0.25) is 0 Å². The zero-order valence-electron chi connectivity index (χ0n) is 17.1. The molecule has 0 saturated carbocycles. The van der Waals surface area contributed by atoms with Crippen molar-refractivity contribution in [2.75, 3.05) is 31.1 Å². The van der Waals surface area contributed by atoms with Crippen molar-refractivity contribution in [3.05, 3.63) is 71.5 Å². The molecule has 31 heavy (non-hydrogen) atoms. The summed E-state index contributed by atoms with van der Waals surface area (Å²) in [6.07, 6.45) is 0. The average Bonchev–Trinajstić information content (AvgIpc) is 3.23. The van der Waals surface area contributed by atoms with E-state index in [-0.39, 0.29) is 5.91 Å². The van der Waals surface area contributed by atoms with Crippen molar-refractivity contribution >= 4 is 33.3 Å². The van der Waals surface area contributed by atoms with Crippen molar-refractivity contribution in [1.82, 2.24) is 19.9 Å². The Morgan fingerprint density at radius 3 is 2.45 bits per heavy atom. The second-order valence-corrected chi connectivity index (χ2v) is 8.32. The van der Waals surface area contributed by atoms with Crippen molar-refractivity contribution in [3.63, 3.8) is 0 Å². The predicted octanol–water partition coefficient (Wildman–Crippen LogP) is 4.15. The summed E-state index contributed by atoms with van der Waals surface area (Å²) in [4.78, 5) is 30.4. The van der Waals surface area contributed by atoms with Crippen LogP contribution in [-0.2, 0) is 0 Å². The van der Waals surface area contributed by atoms with Gasteiger partial charge in [0.25, 0.3) is 5.91 Å². The first-order chi connectivity index (χ1) is 15.2. The number of carbonyl (C=O) groups is 1. The van der Waals surface area contributed by atoms with Gasteiger partial charge in [0.2, 0.25) is 5.88 Å². The van der Waals surface area contributed by atoms with Crippen LogP contribution in [0.1, 0.15) is 15.6 Å². The normalized spacial score (nSPS) is 14.1. The largest absolute Gasteiger partial charge is 0.439 e. The summed E-state index contributed by atoms with van der Waals surface area (Å²) in [5.41, 5.74) is 0.872. The van der Waals surface area contributed by atoms with E-state index in [2.05, 4.69) is 19.9 Å². The fraction of sp³-hybridized carbons (Fsp3) is 0.217. The second-order valence-electron chi connectivity index (χ2n) is 7.29. The molecule has 2 aromatic heterocycles. The number of carbonyl (C=O) groups excluding carboxylic acids is 1. The number of rotatable bonds is 4. The van der Waals surface area contributed by atoms with E-state index < -0.39 is 0 Å². The quantitative estimate of drug-likeness (QED) is 0.483. The lowest BCUT2D eigenvalue weighted by Crippen LogP contribution is -2.49. The Morgan fingerprint density at radius 1 is 0.935 bits per heavy atom. The minimum atomic E-state index is -0.00665. The maximum atomic E-state index is 12.9. The summed E-state index contributed by atoms with van der Waals surface area (Å²) >= 11 is 1.45. The van der Waals surface area contributed by atoms with Crippen LogP contribution in [0.3, 0.4) is 0 Å². The van der Waals surface area contributed by atoms with Crippen LogP contribution in [0.15, 0.2) is 60.7 Å². The standard InChI is InChI=1S/C23H21N5O2S/c1-16-24-20(15-21(25-16)30-17-7-3-2-4-8-17)27-11-13-28(14-12-27)23(29)22-26-18-9-5-6-10-19(18)31-22/h2-10,15H,11-14H2,1H3. The van der Waals surface area contributed by atoms with Crippen LogP contribution in [0.5, 0.6) is 11.6 Å². The van der Waals surface area contributed by atoms with Gasteiger partial charge in [-0.1, -0.05) is 30.3 Å². The molecule has 1 aliphatic rings. The van der Waals surface area contributed by atoms with Gasteiger partial charge in [-0.05, 0) is 31.2 Å². The highest BCUT2D eigenvalue weighted by atomic mass is 32.1. The Morgan fingerprint density at radius 2 is 1.68 bits per heavy atom. The molecule has 0 radical (unpaired) electrons. The molecule has 3 heterocycles. The number of hydrogen-bond acceptors (Lipinski definition) is 7. The Kier molecular flexibility index (Phi) is 5.21. The van der Waals surface area contributed by atoms with E-state index in [0.29, 0.717) is 42.9 Å². The minimum Gasteiger partial charge on any atom is -0.439 e. The van der Waals surface area contributed by atoms with Crippen LogP contribution in [0.25, 0.3) is 10.2 Å². The minimum absolute atomic E-state index is 0.00665. The van der Waals surface area contributed by atoms with Gasteiger partial charge >= 0.3 is 0 Å². The van der Waals surface area contributed by atoms with Crippen LogP contribution >= 0.6 is 11.3 Å². The molecule has 0 N–H and O–H groups in total. The number of hydrogen-bond donors (Lipinski definition) is 0. The van der Waals surface area contributed by atoms with Gasteiger partial charge in [0.05, 0.1) is 10.2 Å². The van der Waals surface area contributed by atoms with Gasteiger partial charge in [-0.3, -0.25) is 4.79 Å². The number of benzene rings is 2. The molecular weight excluding hydrogens is 410 g/mol. The maximum absolute atomic E-state index is 12.9. The van der Waals surface area contributed by atoms with Gasteiger partial charge in [-0.2, -0.15) is 4.98 Å². The summed E-state index contributed by atoms with van der Waals surface area (Å²) < 4.78 is 6.92. The second kappa shape index (κ2) is 8.31. The third kappa shape index (κ3) is 4.20. The molecule has 0 unspecified atom stereocenters. The van der Waals surface area contributed by atoms with Gasteiger partial charge in [-0.25, -0.2) is 9.97 Å². The summed E-state index contributed by atoms with van der Waals surface area (Å²) in [5, 5.41) is 0.547. The third-order valence-electron chi connectivity index (χ3n) is 5.13. The SMILES string of the molecule is Cc1nc(Oc2ccccc2)cc(N2CCN(C(=O)c3nc4ccccc4s3)CC2)n1. The number of ether oxygens (including phenoxy) is 1. The van der Waals surface area contributed by atoms with E-state index in [9.17, 15) is 4.79 Å². The zero-order valence-corrected chi connectivity index (χ0v) is 17.9. The number of fused-ring (bicyclic) bond motifs is 1. The van der Waals surface area contributed by atoms with E-state index in [1.807, 2.05) is 72.5 Å². The smallest absolute Gasteiger partial charge is 0.282 e. The monoisotopic (exact) mass is 431 g/mol. The number of anilines is 1. The Hall–Kier alpha value is -3.52. The van der Waals surface area contributed by atoms with Crippen molar-refractivity contribution in [1.29, 1.82) is 0 Å². The lowest BCUT2D eigenvalue weighted by Gasteiger charge is -2.35. The predicted molar refractivity (Wildman–Crippen MR) is 121 cm³/mol. The number of aryl methyl sites for hydroxylation is 1. The maximum Gasteiger partial charge on any atom is 0.282 e.